The number of carbonyl (C=O) groups is 4. The molecule has 0 unspecified atom stereocenters. The van der Waals surface area contributed by atoms with Crippen molar-refractivity contribution in [1.82, 2.24) is 14.7 Å². The Balaban J connectivity index is 0.00000225. The summed E-state index contributed by atoms with van der Waals surface area (Å²) in [6.07, 6.45) is 0. The fraction of sp³-hybridized carbons (Fsp3) is 0.375. The lowest BCUT2D eigenvalue weighted by atomic mass is 9.95. The molecule has 1 aromatic carbocycles. The van der Waals surface area contributed by atoms with Gasteiger partial charge in [0.1, 0.15) is 6.54 Å². The Bertz CT molecular complexity index is 711. The summed E-state index contributed by atoms with van der Waals surface area (Å²) in [5.74, 6) is -2.29. The summed E-state index contributed by atoms with van der Waals surface area (Å²) < 4.78 is 0. The van der Waals surface area contributed by atoms with Crippen LogP contribution in [0.3, 0.4) is 0 Å². The zero-order valence-electron chi connectivity index (χ0n) is 13.6. The molecule has 2 N–H and O–H groups in total. The average molecular weight is 367 g/mol. The highest BCUT2D eigenvalue weighted by atomic mass is 35.5. The Labute approximate surface area is 150 Å². The van der Waals surface area contributed by atoms with Crippen LogP contribution in [-0.2, 0) is 14.4 Å². The number of rotatable bonds is 3. The van der Waals surface area contributed by atoms with Crippen molar-refractivity contribution in [3.05, 3.63) is 35.9 Å². The van der Waals surface area contributed by atoms with Gasteiger partial charge < -0.3 is 10.6 Å². The molecule has 5 amide bonds. The van der Waals surface area contributed by atoms with Crippen molar-refractivity contribution in [1.29, 1.82) is 0 Å². The summed E-state index contributed by atoms with van der Waals surface area (Å²) in [6.45, 7) is 0.324. The Hall–Kier alpha value is -2.45. The molecule has 8 nitrogen and oxygen atoms in total. The maximum Gasteiger partial charge on any atom is 0.334 e. The van der Waals surface area contributed by atoms with E-state index in [0.717, 1.165) is 5.56 Å². The molecule has 0 radical (unpaired) electrons. The Morgan fingerprint density at radius 2 is 1.76 bits per heavy atom. The predicted molar refractivity (Wildman–Crippen MR) is 90.9 cm³/mol. The minimum absolute atomic E-state index is 0. The van der Waals surface area contributed by atoms with Crippen molar-refractivity contribution < 1.29 is 19.2 Å². The second-order valence-electron chi connectivity index (χ2n) is 6.02. The molecule has 9 heteroatoms. The van der Waals surface area contributed by atoms with Crippen LogP contribution in [0.2, 0.25) is 0 Å². The maximum atomic E-state index is 12.4. The van der Waals surface area contributed by atoms with Gasteiger partial charge >= 0.3 is 17.8 Å². The molecule has 0 spiro atoms. The number of amides is 5. The van der Waals surface area contributed by atoms with Gasteiger partial charge in [0.2, 0.25) is 5.91 Å². The number of likely N-dealkylation sites (tertiary alicyclic amines) is 1. The number of carbonyl (C=O) groups excluding carboxylic acids is 4. The van der Waals surface area contributed by atoms with Gasteiger partial charge in [-0.2, -0.15) is 0 Å². The maximum absolute atomic E-state index is 12.4. The Morgan fingerprint density at radius 3 is 2.32 bits per heavy atom. The van der Waals surface area contributed by atoms with E-state index >= 15 is 0 Å². The third kappa shape index (κ3) is 3.35. The minimum Gasteiger partial charge on any atom is -0.339 e. The number of nitrogens with two attached hydrogens (primary N) is 1. The van der Waals surface area contributed by atoms with Crippen molar-refractivity contribution in [2.45, 2.75) is 12.0 Å². The highest BCUT2D eigenvalue weighted by Gasteiger charge is 2.44. The lowest BCUT2D eigenvalue weighted by Gasteiger charge is -2.19. The van der Waals surface area contributed by atoms with E-state index in [-0.39, 0.29) is 24.4 Å². The predicted octanol–water partition coefficient (Wildman–Crippen LogP) is -0.218. The first-order valence-corrected chi connectivity index (χ1v) is 7.62. The number of likely N-dealkylation sites (N-methyl/N-ethyl adjacent to an activating group) is 1. The van der Waals surface area contributed by atoms with Crippen molar-refractivity contribution >= 4 is 36.2 Å². The molecule has 2 heterocycles. The smallest absolute Gasteiger partial charge is 0.334 e. The van der Waals surface area contributed by atoms with Gasteiger partial charge in [-0.05, 0) is 5.56 Å². The summed E-state index contributed by atoms with van der Waals surface area (Å²) >= 11 is 0. The molecule has 2 atom stereocenters. The average Bonchev–Trinajstić information content (AvgIpc) is 3.06. The minimum atomic E-state index is -0.973. The molecule has 2 aliphatic heterocycles. The van der Waals surface area contributed by atoms with Gasteiger partial charge in [0, 0.05) is 32.1 Å². The van der Waals surface area contributed by atoms with Gasteiger partial charge in [0.05, 0.1) is 0 Å². The molecule has 3 rings (SSSR count). The first-order chi connectivity index (χ1) is 11.4. The van der Waals surface area contributed by atoms with Crippen LogP contribution in [0.5, 0.6) is 0 Å². The van der Waals surface area contributed by atoms with Crippen molar-refractivity contribution in [3.63, 3.8) is 0 Å². The molecule has 134 valence electrons. The molecule has 1 aromatic rings. The molecule has 0 aliphatic carbocycles. The van der Waals surface area contributed by atoms with Crippen LogP contribution in [0, 0.1) is 0 Å². The molecule has 0 saturated carbocycles. The number of hydrogen-bond donors (Lipinski definition) is 1. The third-order valence-electron chi connectivity index (χ3n) is 4.49. The number of urea groups is 1. The molecule has 0 bridgehead atoms. The fourth-order valence-electron chi connectivity index (χ4n) is 3.07. The van der Waals surface area contributed by atoms with Gasteiger partial charge in [-0.1, -0.05) is 30.3 Å². The van der Waals surface area contributed by atoms with E-state index in [2.05, 4.69) is 0 Å². The second-order valence-corrected chi connectivity index (χ2v) is 6.02. The van der Waals surface area contributed by atoms with Crippen LogP contribution in [0.1, 0.15) is 11.5 Å². The van der Waals surface area contributed by atoms with Crippen LogP contribution in [-0.4, -0.2) is 71.2 Å². The number of hydrogen-bond acceptors (Lipinski definition) is 5. The van der Waals surface area contributed by atoms with Crippen molar-refractivity contribution in [3.8, 4) is 0 Å². The van der Waals surface area contributed by atoms with Gasteiger partial charge in [0.15, 0.2) is 0 Å². The van der Waals surface area contributed by atoms with Crippen LogP contribution in [0.4, 0.5) is 4.79 Å². The normalized spacial score (nSPS) is 23.3. The number of halogens is 1. The van der Waals surface area contributed by atoms with Crippen molar-refractivity contribution in [2.24, 2.45) is 5.73 Å². The number of nitrogens with zero attached hydrogens (tertiary/aromatic N) is 3. The van der Waals surface area contributed by atoms with Crippen LogP contribution >= 0.6 is 12.4 Å². The van der Waals surface area contributed by atoms with Gasteiger partial charge in [-0.25, -0.2) is 9.69 Å². The third-order valence-corrected chi connectivity index (χ3v) is 4.49. The summed E-state index contributed by atoms with van der Waals surface area (Å²) in [5.41, 5.74) is 7.19. The van der Waals surface area contributed by atoms with E-state index in [9.17, 15) is 19.2 Å². The second kappa shape index (κ2) is 7.20. The molecule has 0 aromatic heterocycles. The van der Waals surface area contributed by atoms with E-state index < -0.39 is 30.3 Å². The van der Waals surface area contributed by atoms with Gasteiger partial charge in [-0.3, -0.25) is 19.3 Å². The quantitative estimate of drug-likeness (QED) is 0.588. The van der Waals surface area contributed by atoms with E-state index in [4.69, 9.17) is 5.73 Å². The fourth-order valence-corrected chi connectivity index (χ4v) is 3.07. The number of imide groups is 2. The van der Waals surface area contributed by atoms with Crippen LogP contribution in [0.25, 0.3) is 0 Å². The lowest BCUT2D eigenvalue weighted by molar-refractivity contribution is -0.144. The summed E-state index contributed by atoms with van der Waals surface area (Å²) in [4.78, 5) is 50.4. The first kappa shape index (κ1) is 18.9. The number of benzene rings is 1. The zero-order valence-corrected chi connectivity index (χ0v) is 14.4. The standard InChI is InChI=1S/C16H18N4O4.ClH/c1-18-14(22)15(23)20(16(18)24)9-13(21)19-7-11(12(17)8-19)10-5-3-2-4-6-10;/h2-6,11-12H,7-9,17H2,1H3;1H/t11-,12+;/m0./s1. The van der Waals surface area contributed by atoms with Crippen molar-refractivity contribution in [2.75, 3.05) is 26.7 Å². The molecule has 25 heavy (non-hydrogen) atoms. The zero-order chi connectivity index (χ0) is 17.4. The molecular formula is C16H19ClN4O4. The van der Waals surface area contributed by atoms with Gasteiger partial charge in [0.25, 0.3) is 0 Å². The topological polar surface area (TPSA) is 104 Å². The van der Waals surface area contributed by atoms with E-state index in [1.54, 1.807) is 0 Å². The largest absolute Gasteiger partial charge is 0.339 e. The van der Waals surface area contributed by atoms with E-state index in [1.807, 2.05) is 30.3 Å². The highest BCUT2D eigenvalue weighted by Crippen LogP contribution is 2.26. The molecule has 2 saturated heterocycles. The van der Waals surface area contributed by atoms with E-state index in [0.29, 0.717) is 22.9 Å². The summed E-state index contributed by atoms with van der Waals surface area (Å²) in [5, 5.41) is 0. The first-order valence-electron chi connectivity index (χ1n) is 7.62. The van der Waals surface area contributed by atoms with E-state index in [1.165, 1.54) is 11.9 Å². The Kier molecular flexibility index (Phi) is 5.44. The highest BCUT2D eigenvalue weighted by molar-refractivity contribution is 6.44. The monoisotopic (exact) mass is 366 g/mol. The molecule has 2 fully saturated rings. The lowest BCUT2D eigenvalue weighted by Crippen LogP contribution is -2.43. The SMILES string of the molecule is CN1C(=O)C(=O)N(CC(=O)N2C[C@@H](N)[C@H](c3ccccc3)C2)C1=O.Cl. The van der Waals surface area contributed by atoms with Gasteiger partial charge in [-0.15, -0.1) is 12.4 Å². The summed E-state index contributed by atoms with van der Waals surface area (Å²) in [7, 11) is 1.21. The summed E-state index contributed by atoms with van der Waals surface area (Å²) in [6, 6.07) is 8.65. The Morgan fingerprint density at radius 1 is 1.12 bits per heavy atom. The van der Waals surface area contributed by atoms with Crippen LogP contribution in [0.15, 0.2) is 30.3 Å². The molecule has 2 aliphatic rings. The molecular weight excluding hydrogens is 348 g/mol. The van der Waals surface area contributed by atoms with Crippen LogP contribution < -0.4 is 5.73 Å².